The van der Waals surface area contributed by atoms with Crippen molar-refractivity contribution in [2.75, 3.05) is 0 Å². The zero-order valence-corrected chi connectivity index (χ0v) is 13.3. The highest BCUT2D eigenvalue weighted by atomic mass is 79.9. The van der Waals surface area contributed by atoms with Crippen LogP contribution in [0.3, 0.4) is 0 Å². The second-order valence-corrected chi connectivity index (χ2v) is 6.62. The van der Waals surface area contributed by atoms with E-state index in [0.29, 0.717) is 10.6 Å². The number of carbonyl (C=O) groups excluding carboxylic acids is 1. The van der Waals surface area contributed by atoms with Gasteiger partial charge in [0.2, 0.25) is 5.91 Å². The highest BCUT2D eigenvalue weighted by Gasteiger charge is 2.43. The van der Waals surface area contributed by atoms with Crippen molar-refractivity contribution in [1.82, 2.24) is 5.32 Å². The molecule has 0 saturated heterocycles. The first-order valence-electron chi connectivity index (χ1n) is 6.31. The third-order valence-corrected chi connectivity index (χ3v) is 4.29. The minimum Gasteiger partial charge on any atom is -0.480 e. The minimum absolute atomic E-state index is 0.0625. The molecule has 0 radical (unpaired) electrons. The van der Waals surface area contributed by atoms with Crippen molar-refractivity contribution in [2.45, 2.75) is 32.2 Å². The SMILES string of the molecule is CC(Cc1ccc(Br)cc1Cl)(C(=O)O)C(=O)NC1CC1. The van der Waals surface area contributed by atoms with E-state index in [1.54, 1.807) is 18.2 Å². The molecule has 4 nitrogen and oxygen atoms in total. The number of benzene rings is 1. The lowest BCUT2D eigenvalue weighted by Crippen LogP contribution is -2.46. The fourth-order valence-electron chi connectivity index (χ4n) is 1.87. The molecule has 0 heterocycles. The fourth-order valence-corrected chi connectivity index (χ4v) is 2.61. The van der Waals surface area contributed by atoms with Gasteiger partial charge in [0.15, 0.2) is 0 Å². The lowest BCUT2D eigenvalue weighted by atomic mass is 9.82. The number of amides is 1. The maximum atomic E-state index is 12.2. The Balaban J connectivity index is 2.23. The second kappa shape index (κ2) is 5.74. The van der Waals surface area contributed by atoms with Crippen molar-refractivity contribution in [2.24, 2.45) is 5.41 Å². The zero-order chi connectivity index (χ0) is 14.9. The summed E-state index contributed by atoms with van der Waals surface area (Å²) in [5.74, 6) is -1.60. The summed E-state index contributed by atoms with van der Waals surface area (Å²) in [4.78, 5) is 23.7. The van der Waals surface area contributed by atoms with Crippen LogP contribution in [0.4, 0.5) is 0 Å². The molecule has 1 fully saturated rings. The monoisotopic (exact) mass is 359 g/mol. The summed E-state index contributed by atoms with van der Waals surface area (Å²) in [5.41, 5.74) is -0.870. The lowest BCUT2D eigenvalue weighted by molar-refractivity contribution is -0.154. The van der Waals surface area contributed by atoms with Crippen molar-refractivity contribution < 1.29 is 14.7 Å². The predicted molar refractivity (Wildman–Crippen MR) is 79.8 cm³/mol. The quantitative estimate of drug-likeness (QED) is 0.793. The van der Waals surface area contributed by atoms with Crippen LogP contribution in [-0.2, 0) is 16.0 Å². The van der Waals surface area contributed by atoms with Gasteiger partial charge in [-0.2, -0.15) is 0 Å². The van der Waals surface area contributed by atoms with Crippen LogP contribution >= 0.6 is 27.5 Å². The van der Waals surface area contributed by atoms with Crippen molar-refractivity contribution in [3.63, 3.8) is 0 Å². The van der Waals surface area contributed by atoms with Gasteiger partial charge in [-0.25, -0.2) is 0 Å². The van der Waals surface area contributed by atoms with Gasteiger partial charge >= 0.3 is 5.97 Å². The molecule has 1 aromatic carbocycles. The molecule has 0 aromatic heterocycles. The molecule has 1 aliphatic carbocycles. The number of aliphatic carboxylic acids is 1. The largest absolute Gasteiger partial charge is 0.480 e. The van der Waals surface area contributed by atoms with Crippen LogP contribution in [0.5, 0.6) is 0 Å². The maximum Gasteiger partial charge on any atom is 0.319 e. The molecule has 1 aliphatic rings. The van der Waals surface area contributed by atoms with Gasteiger partial charge in [0, 0.05) is 15.5 Å². The normalized spacial score (nSPS) is 17.4. The molecule has 0 spiro atoms. The van der Waals surface area contributed by atoms with Gasteiger partial charge in [0.25, 0.3) is 0 Å². The maximum absolute atomic E-state index is 12.2. The topological polar surface area (TPSA) is 66.4 Å². The molecular formula is C14H15BrClNO3. The van der Waals surface area contributed by atoms with E-state index in [1.807, 2.05) is 0 Å². The van der Waals surface area contributed by atoms with Crippen LogP contribution in [0.25, 0.3) is 0 Å². The highest BCUT2D eigenvalue weighted by Crippen LogP contribution is 2.31. The van der Waals surface area contributed by atoms with Crippen LogP contribution in [0.1, 0.15) is 25.3 Å². The van der Waals surface area contributed by atoms with E-state index in [9.17, 15) is 14.7 Å². The number of halogens is 2. The van der Waals surface area contributed by atoms with Crippen LogP contribution in [0, 0.1) is 5.41 Å². The number of hydrogen-bond acceptors (Lipinski definition) is 2. The number of carboxylic acid groups (broad SMARTS) is 1. The van der Waals surface area contributed by atoms with Crippen LogP contribution in [-0.4, -0.2) is 23.0 Å². The summed E-state index contributed by atoms with van der Waals surface area (Å²) in [6, 6.07) is 5.33. The summed E-state index contributed by atoms with van der Waals surface area (Å²) in [6.45, 7) is 1.44. The van der Waals surface area contributed by atoms with E-state index in [4.69, 9.17) is 11.6 Å². The third-order valence-electron chi connectivity index (χ3n) is 3.44. The number of carboxylic acids is 1. The first kappa shape index (κ1) is 15.3. The molecule has 0 aliphatic heterocycles. The number of carbonyl (C=O) groups is 2. The second-order valence-electron chi connectivity index (χ2n) is 5.30. The van der Waals surface area contributed by atoms with Crippen LogP contribution < -0.4 is 5.32 Å². The Kier molecular flexibility index (Phi) is 4.39. The summed E-state index contributed by atoms with van der Waals surface area (Å²) >= 11 is 9.40. The van der Waals surface area contributed by atoms with Crippen LogP contribution in [0.15, 0.2) is 22.7 Å². The Morgan fingerprint density at radius 1 is 1.50 bits per heavy atom. The Morgan fingerprint density at radius 2 is 2.15 bits per heavy atom. The van der Waals surface area contributed by atoms with Gasteiger partial charge in [-0.15, -0.1) is 0 Å². The highest BCUT2D eigenvalue weighted by molar-refractivity contribution is 9.10. The van der Waals surface area contributed by atoms with E-state index in [2.05, 4.69) is 21.2 Å². The smallest absolute Gasteiger partial charge is 0.319 e. The minimum atomic E-state index is -1.51. The third kappa shape index (κ3) is 3.33. The molecule has 2 rings (SSSR count). The van der Waals surface area contributed by atoms with Crippen molar-refractivity contribution in [3.8, 4) is 0 Å². The van der Waals surface area contributed by atoms with Gasteiger partial charge in [-0.05, 0) is 43.9 Å². The number of hydrogen-bond donors (Lipinski definition) is 2. The predicted octanol–water partition coefficient (Wildman–Crippen LogP) is 3.01. The molecule has 1 unspecified atom stereocenters. The Bertz CT molecular complexity index is 559. The van der Waals surface area contributed by atoms with Gasteiger partial charge in [-0.1, -0.05) is 33.6 Å². The first-order chi connectivity index (χ1) is 9.33. The zero-order valence-electron chi connectivity index (χ0n) is 11.0. The van der Waals surface area contributed by atoms with Crippen molar-refractivity contribution in [3.05, 3.63) is 33.3 Å². The first-order valence-corrected chi connectivity index (χ1v) is 7.48. The van der Waals surface area contributed by atoms with Gasteiger partial charge in [0.05, 0.1) is 0 Å². The number of rotatable bonds is 5. The molecule has 1 aromatic rings. The van der Waals surface area contributed by atoms with E-state index in [0.717, 1.165) is 17.3 Å². The van der Waals surface area contributed by atoms with E-state index >= 15 is 0 Å². The van der Waals surface area contributed by atoms with E-state index in [1.165, 1.54) is 6.92 Å². The molecule has 20 heavy (non-hydrogen) atoms. The standard InChI is InChI=1S/C14H15BrClNO3/c1-14(13(19)20,12(18)17-10-4-5-10)7-8-2-3-9(15)6-11(8)16/h2-3,6,10H,4-5,7H2,1H3,(H,17,18)(H,19,20). The van der Waals surface area contributed by atoms with Crippen LogP contribution in [0.2, 0.25) is 5.02 Å². The fraction of sp³-hybridized carbons (Fsp3) is 0.429. The van der Waals surface area contributed by atoms with Gasteiger partial charge in [0.1, 0.15) is 5.41 Å². The molecular weight excluding hydrogens is 346 g/mol. The molecule has 0 bridgehead atoms. The van der Waals surface area contributed by atoms with E-state index in [-0.39, 0.29) is 12.5 Å². The Labute approximate surface area is 130 Å². The molecule has 1 amide bonds. The van der Waals surface area contributed by atoms with Gasteiger partial charge < -0.3 is 10.4 Å². The molecule has 6 heteroatoms. The van der Waals surface area contributed by atoms with E-state index < -0.39 is 17.3 Å². The summed E-state index contributed by atoms with van der Waals surface area (Å²) in [6.07, 6.45) is 1.90. The summed E-state index contributed by atoms with van der Waals surface area (Å²) in [5, 5.41) is 12.6. The summed E-state index contributed by atoms with van der Waals surface area (Å²) < 4.78 is 0.811. The Hall–Kier alpha value is -1.07. The molecule has 108 valence electrons. The number of nitrogens with one attached hydrogen (secondary N) is 1. The molecule has 2 N–H and O–H groups in total. The Morgan fingerprint density at radius 3 is 2.65 bits per heavy atom. The lowest BCUT2D eigenvalue weighted by Gasteiger charge is -2.24. The van der Waals surface area contributed by atoms with Crippen molar-refractivity contribution >= 4 is 39.4 Å². The average Bonchev–Trinajstić information content (AvgIpc) is 3.16. The van der Waals surface area contributed by atoms with Gasteiger partial charge in [-0.3, -0.25) is 9.59 Å². The average molecular weight is 361 g/mol. The molecule has 1 saturated carbocycles. The van der Waals surface area contributed by atoms with Crippen molar-refractivity contribution in [1.29, 1.82) is 0 Å². The summed E-state index contributed by atoms with van der Waals surface area (Å²) in [7, 11) is 0. The molecule has 1 atom stereocenters.